The molecule has 134 valence electrons. The van der Waals surface area contributed by atoms with Crippen molar-refractivity contribution in [3.63, 3.8) is 0 Å². The Balaban J connectivity index is 1.55. The van der Waals surface area contributed by atoms with Gasteiger partial charge in [0, 0.05) is 12.7 Å². The number of carbonyl (C=O) groups excluding carboxylic acids is 1. The summed E-state index contributed by atoms with van der Waals surface area (Å²) in [5.41, 5.74) is 2.02. The summed E-state index contributed by atoms with van der Waals surface area (Å²) in [6, 6.07) is 12.9. The van der Waals surface area contributed by atoms with Crippen molar-refractivity contribution in [2.45, 2.75) is 13.3 Å². The van der Waals surface area contributed by atoms with Crippen LogP contribution in [0.1, 0.15) is 15.9 Å². The lowest BCUT2D eigenvalue weighted by Gasteiger charge is -2.07. The molecule has 0 atom stereocenters. The van der Waals surface area contributed by atoms with Gasteiger partial charge in [-0.15, -0.1) is 0 Å². The number of aromatic nitrogens is 2. The Bertz CT molecular complexity index is 860. The number of ether oxygens (including phenoxy) is 2. The van der Waals surface area contributed by atoms with Gasteiger partial charge in [0.1, 0.15) is 24.9 Å². The van der Waals surface area contributed by atoms with E-state index in [4.69, 9.17) is 9.47 Å². The van der Waals surface area contributed by atoms with Gasteiger partial charge >= 0.3 is 0 Å². The van der Waals surface area contributed by atoms with Gasteiger partial charge in [0.25, 0.3) is 5.91 Å². The molecular formula is C19H18FN3O3. The van der Waals surface area contributed by atoms with Crippen LogP contribution < -0.4 is 10.1 Å². The first kappa shape index (κ1) is 17.6. The lowest BCUT2D eigenvalue weighted by molar-refractivity contribution is 0.102. The van der Waals surface area contributed by atoms with Crippen LogP contribution >= 0.6 is 0 Å². The predicted octanol–water partition coefficient (Wildman–Crippen LogP) is 3.46. The number of hydrogen-bond acceptors (Lipinski definition) is 4. The summed E-state index contributed by atoms with van der Waals surface area (Å²) in [4.78, 5) is 12.3. The molecule has 1 amide bonds. The normalized spacial score (nSPS) is 10.5. The highest BCUT2D eigenvalue weighted by atomic mass is 19.1. The van der Waals surface area contributed by atoms with Crippen LogP contribution in [0.3, 0.4) is 0 Å². The molecule has 0 saturated carbocycles. The number of methoxy groups -OCH3 is 1. The van der Waals surface area contributed by atoms with Gasteiger partial charge in [0.05, 0.1) is 18.1 Å². The van der Waals surface area contributed by atoms with Gasteiger partial charge in [0.2, 0.25) is 0 Å². The van der Waals surface area contributed by atoms with E-state index in [0.717, 1.165) is 5.56 Å². The molecule has 1 heterocycles. The summed E-state index contributed by atoms with van der Waals surface area (Å²) in [7, 11) is 1.57. The van der Waals surface area contributed by atoms with Crippen molar-refractivity contribution in [3.8, 4) is 5.75 Å². The van der Waals surface area contributed by atoms with E-state index in [2.05, 4.69) is 10.4 Å². The van der Waals surface area contributed by atoms with Crippen LogP contribution in [-0.4, -0.2) is 22.8 Å². The Hall–Kier alpha value is -3.19. The van der Waals surface area contributed by atoms with E-state index in [1.807, 2.05) is 12.1 Å². The Labute approximate surface area is 150 Å². The molecule has 0 radical (unpaired) electrons. The fourth-order valence-electron chi connectivity index (χ4n) is 2.28. The summed E-state index contributed by atoms with van der Waals surface area (Å²) in [5, 5.41) is 6.84. The van der Waals surface area contributed by atoms with Gasteiger partial charge in [-0.2, -0.15) is 5.10 Å². The fourth-order valence-corrected chi connectivity index (χ4v) is 2.28. The van der Waals surface area contributed by atoms with Crippen molar-refractivity contribution in [1.29, 1.82) is 0 Å². The Kier molecular flexibility index (Phi) is 5.60. The number of rotatable bonds is 7. The summed E-state index contributed by atoms with van der Waals surface area (Å²) in [5.74, 6) is 0.0507. The SMILES string of the molecule is COCn1cc(NC(=O)c2ccc(COc3ccc(F)cc3)cc2)cn1. The van der Waals surface area contributed by atoms with E-state index in [1.165, 1.54) is 12.1 Å². The smallest absolute Gasteiger partial charge is 0.255 e. The van der Waals surface area contributed by atoms with Gasteiger partial charge in [-0.1, -0.05) is 12.1 Å². The first-order valence-corrected chi connectivity index (χ1v) is 7.94. The third kappa shape index (κ3) is 4.67. The molecule has 7 heteroatoms. The second kappa shape index (κ2) is 8.26. The molecule has 0 saturated heterocycles. The van der Waals surface area contributed by atoms with E-state index in [-0.39, 0.29) is 11.7 Å². The van der Waals surface area contributed by atoms with Gasteiger partial charge in [-0.05, 0) is 42.0 Å². The molecule has 6 nitrogen and oxygen atoms in total. The molecule has 1 aromatic heterocycles. The zero-order valence-corrected chi connectivity index (χ0v) is 14.2. The zero-order chi connectivity index (χ0) is 18.4. The largest absolute Gasteiger partial charge is 0.489 e. The number of halogens is 1. The Morgan fingerprint density at radius 2 is 1.88 bits per heavy atom. The summed E-state index contributed by atoms with van der Waals surface area (Å²) < 4.78 is 25.0. The molecular weight excluding hydrogens is 337 g/mol. The molecule has 3 aromatic rings. The second-order valence-electron chi connectivity index (χ2n) is 5.58. The number of nitrogens with one attached hydrogen (secondary N) is 1. The highest BCUT2D eigenvalue weighted by Gasteiger charge is 2.08. The first-order valence-electron chi connectivity index (χ1n) is 7.94. The van der Waals surface area contributed by atoms with Gasteiger partial charge in [0.15, 0.2) is 0 Å². The van der Waals surface area contributed by atoms with Crippen molar-refractivity contribution in [3.05, 3.63) is 77.9 Å². The number of hydrogen-bond donors (Lipinski definition) is 1. The molecule has 0 bridgehead atoms. The number of carbonyl (C=O) groups is 1. The van der Waals surface area contributed by atoms with Crippen LogP contribution in [-0.2, 0) is 18.1 Å². The molecule has 0 fully saturated rings. The molecule has 0 spiro atoms. The van der Waals surface area contributed by atoms with Crippen LogP contribution in [0.4, 0.5) is 10.1 Å². The average molecular weight is 355 g/mol. The first-order chi connectivity index (χ1) is 12.6. The van der Waals surface area contributed by atoms with Crippen LogP contribution in [0, 0.1) is 5.82 Å². The van der Waals surface area contributed by atoms with E-state index in [0.29, 0.717) is 30.3 Å². The lowest BCUT2D eigenvalue weighted by Crippen LogP contribution is -2.11. The monoisotopic (exact) mass is 355 g/mol. The number of anilines is 1. The Morgan fingerprint density at radius 3 is 2.58 bits per heavy atom. The van der Waals surface area contributed by atoms with E-state index >= 15 is 0 Å². The van der Waals surface area contributed by atoms with Gasteiger partial charge < -0.3 is 14.8 Å². The molecule has 2 aromatic carbocycles. The molecule has 0 aliphatic carbocycles. The number of nitrogens with zero attached hydrogens (tertiary/aromatic N) is 2. The van der Waals surface area contributed by atoms with E-state index in [1.54, 1.807) is 48.5 Å². The van der Waals surface area contributed by atoms with Crippen LogP contribution in [0.5, 0.6) is 5.75 Å². The molecule has 1 N–H and O–H groups in total. The van der Waals surface area contributed by atoms with Crippen molar-refractivity contribution in [1.82, 2.24) is 9.78 Å². The molecule has 3 rings (SSSR count). The number of benzene rings is 2. The van der Waals surface area contributed by atoms with Crippen molar-refractivity contribution >= 4 is 11.6 Å². The maximum Gasteiger partial charge on any atom is 0.255 e. The fraction of sp³-hybridized carbons (Fsp3) is 0.158. The van der Waals surface area contributed by atoms with Crippen LogP contribution in [0.25, 0.3) is 0 Å². The molecule has 26 heavy (non-hydrogen) atoms. The van der Waals surface area contributed by atoms with E-state index in [9.17, 15) is 9.18 Å². The van der Waals surface area contributed by atoms with Gasteiger partial charge in [-0.25, -0.2) is 9.07 Å². The van der Waals surface area contributed by atoms with Crippen LogP contribution in [0.15, 0.2) is 60.9 Å². The predicted molar refractivity (Wildman–Crippen MR) is 94.4 cm³/mol. The summed E-state index contributed by atoms with van der Waals surface area (Å²) in [6.07, 6.45) is 3.24. The quantitative estimate of drug-likeness (QED) is 0.705. The lowest BCUT2D eigenvalue weighted by atomic mass is 10.1. The van der Waals surface area contributed by atoms with Gasteiger partial charge in [-0.3, -0.25) is 4.79 Å². The minimum atomic E-state index is -0.305. The standard InChI is InChI=1S/C19H18FN3O3/c1-25-13-23-11-17(10-21-23)22-19(24)15-4-2-14(3-5-15)12-26-18-8-6-16(20)7-9-18/h2-11H,12-13H2,1H3,(H,22,24). The minimum Gasteiger partial charge on any atom is -0.489 e. The van der Waals surface area contributed by atoms with E-state index < -0.39 is 0 Å². The summed E-state index contributed by atoms with van der Waals surface area (Å²) in [6.45, 7) is 0.649. The average Bonchev–Trinajstić information content (AvgIpc) is 3.09. The summed E-state index contributed by atoms with van der Waals surface area (Å²) >= 11 is 0. The minimum absolute atomic E-state index is 0.229. The molecule has 0 aliphatic rings. The molecule has 0 unspecified atom stereocenters. The van der Waals surface area contributed by atoms with Crippen molar-refractivity contribution in [2.75, 3.05) is 12.4 Å². The van der Waals surface area contributed by atoms with Crippen molar-refractivity contribution in [2.24, 2.45) is 0 Å². The maximum atomic E-state index is 12.9. The third-order valence-corrected chi connectivity index (χ3v) is 3.59. The maximum absolute atomic E-state index is 12.9. The topological polar surface area (TPSA) is 65.4 Å². The van der Waals surface area contributed by atoms with Crippen LogP contribution in [0.2, 0.25) is 0 Å². The Morgan fingerprint density at radius 1 is 1.15 bits per heavy atom. The second-order valence-corrected chi connectivity index (χ2v) is 5.58. The van der Waals surface area contributed by atoms with Crippen molar-refractivity contribution < 1.29 is 18.7 Å². The highest BCUT2D eigenvalue weighted by Crippen LogP contribution is 2.14. The zero-order valence-electron chi connectivity index (χ0n) is 14.2. The highest BCUT2D eigenvalue weighted by molar-refractivity contribution is 6.04. The third-order valence-electron chi connectivity index (χ3n) is 3.59. The number of amides is 1. The molecule has 0 aliphatic heterocycles.